The molecule has 8 nitrogen and oxygen atoms in total. The van der Waals surface area contributed by atoms with E-state index < -0.39 is 4.92 Å². The fraction of sp³-hybridized carbons (Fsp3) is 0.176. The van der Waals surface area contributed by atoms with Gasteiger partial charge < -0.3 is 20.7 Å². The lowest BCUT2D eigenvalue weighted by Crippen LogP contribution is -2.31. The molecule has 3 aromatic rings. The highest BCUT2D eigenvalue weighted by atomic mass is 16.6. The summed E-state index contributed by atoms with van der Waals surface area (Å²) in [4.78, 5) is 22.3. The van der Waals surface area contributed by atoms with Gasteiger partial charge in [0.05, 0.1) is 29.1 Å². The molecule has 0 unspecified atom stereocenters. The lowest BCUT2D eigenvalue weighted by atomic mass is 10.1. The molecule has 25 heavy (non-hydrogen) atoms. The van der Waals surface area contributed by atoms with Gasteiger partial charge in [-0.25, -0.2) is 4.79 Å². The molecule has 128 valence electrons. The number of aryl methyl sites for hydroxylation is 1. The first-order valence-corrected chi connectivity index (χ1v) is 7.76. The Hall–Kier alpha value is -3.42. The Morgan fingerprint density at radius 3 is 2.76 bits per heavy atom. The summed E-state index contributed by atoms with van der Waals surface area (Å²) in [6, 6.07) is 14.5. The lowest BCUT2D eigenvalue weighted by molar-refractivity contribution is -0.389. The van der Waals surface area contributed by atoms with Crippen molar-refractivity contribution in [2.45, 2.75) is 13.5 Å². The monoisotopic (exact) mass is 339 g/mol. The van der Waals surface area contributed by atoms with Gasteiger partial charge in [-0.1, -0.05) is 36.4 Å². The number of hydrogen-bond donors (Lipinski definition) is 2. The SMILES string of the molecule is Cc1cc([N+](=O)[O-])nn1CCNC(=O)Nc1cccc2ccccc12. The van der Waals surface area contributed by atoms with E-state index in [0.717, 1.165) is 16.5 Å². The summed E-state index contributed by atoms with van der Waals surface area (Å²) in [5.41, 5.74) is 1.39. The number of rotatable bonds is 5. The molecule has 0 saturated carbocycles. The molecular weight excluding hydrogens is 322 g/mol. The molecule has 3 rings (SSSR count). The number of nitrogens with zero attached hydrogens (tertiary/aromatic N) is 3. The maximum Gasteiger partial charge on any atom is 0.390 e. The number of nitro groups is 1. The maximum absolute atomic E-state index is 12.1. The average molecular weight is 339 g/mol. The number of fused-ring (bicyclic) bond motifs is 1. The third kappa shape index (κ3) is 3.74. The van der Waals surface area contributed by atoms with E-state index >= 15 is 0 Å². The number of anilines is 1. The molecule has 0 aliphatic rings. The van der Waals surface area contributed by atoms with Crippen molar-refractivity contribution in [3.63, 3.8) is 0 Å². The first-order chi connectivity index (χ1) is 12.0. The molecule has 0 saturated heterocycles. The molecule has 8 heteroatoms. The molecule has 0 spiro atoms. The van der Waals surface area contributed by atoms with Crippen LogP contribution in [0.25, 0.3) is 10.8 Å². The van der Waals surface area contributed by atoms with Crippen molar-refractivity contribution >= 4 is 28.3 Å². The summed E-state index contributed by atoms with van der Waals surface area (Å²) >= 11 is 0. The average Bonchev–Trinajstić information content (AvgIpc) is 2.97. The van der Waals surface area contributed by atoms with Crippen LogP contribution in [0.5, 0.6) is 0 Å². The smallest absolute Gasteiger partial charge is 0.358 e. The molecule has 0 aliphatic heterocycles. The van der Waals surface area contributed by atoms with Gasteiger partial charge in [-0.05, 0) is 23.3 Å². The summed E-state index contributed by atoms with van der Waals surface area (Å²) in [6.07, 6.45) is 0. The molecule has 0 aliphatic carbocycles. The van der Waals surface area contributed by atoms with Crippen molar-refractivity contribution in [2.24, 2.45) is 0 Å². The second kappa shape index (κ2) is 7.00. The zero-order valence-electron chi connectivity index (χ0n) is 13.6. The molecular formula is C17H17N5O3. The topological polar surface area (TPSA) is 102 Å². The van der Waals surface area contributed by atoms with E-state index in [-0.39, 0.29) is 11.8 Å². The minimum atomic E-state index is -0.538. The Kier molecular flexibility index (Phi) is 4.60. The largest absolute Gasteiger partial charge is 0.390 e. The number of carbonyl (C=O) groups excluding carboxylic acids is 1. The highest BCUT2D eigenvalue weighted by Gasteiger charge is 2.15. The van der Waals surface area contributed by atoms with E-state index in [9.17, 15) is 14.9 Å². The Labute approximate surface area is 143 Å². The van der Waals surface area contributed by atoms with Crippen LogP contribution >= 0.6 is 0 Å². The van der Waals surface area contributed by atoms with E-state index in [2.05, 4.69) is 15.7 Å². The number of aromatic nitrogens is 2. The van der Waals surface area contributed by atoms with Gasteiger partial charge in [-0.2, -0.15) is 4.68 Å². The van der Waals surface area contributed by atoms with Gasteiger partial charge in [0.15, 0.2) is 0 Å². The van der Waals surface area contributed by atoms with E-state index in [1.54, 1.807) is 6.92 Å². The Morgan fingerprint density at radius 2 is 2.00 bits per heavy atom. The van der Waals surface area contributed by atoms with Crippen LogP contribution in [0.3, 0.4) is 0 Å². The van der Waals surface area contributed by atoms with Gasteiger partial charge in [0.2, 0.25) is 0 Å². The van der Waals surface area contributed by atoms with Crippen molar-refractivity contribution in [3.8, 4) is 0 Å². The maximum atomic E-state index is 12.1. The third-order valence-corrected chi connectivity index (χ3v) is 3.80. The number of urea groups is 1. The molecule has 2 aromatic carbocycles. The number of amides is 2. The molecule has 2 N–H and O–H groups in total. The van der Waals surface area contributed by atoms with Gasteiger partial charge >= 0.3 is 11.8 Å². The van der Waals surface area contributed by atoms with Crippen LogP contribution in [0.4, 0.5) is 16.3 Å². The van der Waals surface area contributed by atoms with Crippen molar-refractivity contribution in [2.75, 3.05) is 11.9 Å². The summed E-state index contributed by atoms with van der Waals surface area (Å²) in [5, 5.41) is 22.1. The van der Waals surface area contributed by atoms with Gasteiger partial charge in [0.1, 0.15) is 0 Å². The van der Waals surface area contributed by atoms with Crippen LogP contribution < -0.4 is 10.6 Å². The number of nitrogens with one attached hydrogen (secondary N) is 2. The standard InChI is InChI=1S/C17H17N5O3/c1-12-11-16(22(24)25)20-21(12)10-9-18-17(23)19-15-8-4-6-13-5-2-3-7-14(13)15/h2-8,11H,9-10H2,1H3,(H2,18,19,23). The first-order valence-electron chi connectivity index (χ1n) is 7.76. The van der Waals surface area contributed by atoms with E-state index in [4.69, 9.17) is 0 Å². The third-order valence-electron chi connectivity index (χ3n) is 3.80. The van der Waals surface area contributed by atoms with Gasteiger partial charge in [0.25, 0.3) is 0 Å². The second-order valence-corrected chi connectivity index (χ2v) is 5.53. The highest BCUT2D eigenvalue weighted by molar-refractivity contribution is 6.01. The Morgan fingerprint density at radius 1 is 1.24 bits per heavy atom. The molecule has 1 aromatic heterocycles. The minimum absolute atomic E-state index is 0.197. The normalized spacial score (nSPS) is 10.6. The number of benzene rings is 2. The Balaban J connectivity index is 1.59. The van der Waals surface area contributed by atoms with E-state index in [1.165, 1.54) is 10.7 Å². The van der Waals surface area contributed by atoms with Gasteiger partial charge in [-0.15, -0.1) is 0 Å². The molecule has 0 bridgehead atoms. The quantitative estimate of drug-likeness (QED) is 0.551. The van der Waals surface area contributed by atoms with Gasteiger partial charge in [-0.3, -0.25) is 0 Å². The Bertz CT molecular complexity index is 930. The van der Waals surface area contributed by atoms with Crippen LogP contribution in [0.1, 0.15) is 5.69 Å². The van der Waals surface area contributed by atoms with E-state index in [0.29, 0.717) is 18.8 Å². The predicted molar refractivity (Wildman–Crippen MR) is 94.6 cm³/mol. The number of hydrogen-bond acceptors (Lipinski definition) is 4. The lowest BCUT2D eigenvalue weighted by Gasteiger charge is -2.10. The highest BCUT2D eigenvalue weighted by Crippen LogP contribution is 2.22. The second-order valence-electron chi connectivity index (χ2n) is 5.53. The summed E-state index contributed by atoms with van der Waals surface area (Å²) in [5.74, 6) is -0.197. The first kappa shape index (κ1) is 16.4. The molecule has 2 amide bonds. The van der Waals surface area contributed by atoms with Crippen molar-refractivity contribution in [1.82, 2.24) is 15.1 Å². The molecule has 0 atom stereocenters. The number of carbonyl (C=O) groups is 1. The fourth-order valence-electron chi connectivity index (χ4n) is 2.58. The minimum Gasteiger partial charge on any atom is -0.358 e. The van der Waals surface area contributed by atoms with Gasteiger partial charge in [0, 0.05) is 11.9 Å². The van der Waals surface area contributed by atoms with Crippen molar-refractivity contribution in [1.29, 1.82) is 0 Å². The zero-order valence-corrected chi connectivity index (χ0v) is 13.6. The predicted octanol–water partition coefficient (Wildman–Crippen LogP) is 3.07. The van der Waals surface area contributed by atoms with Crippen LogP contribution in [0, 0.1) is 17.0 Å². The molecule has 0 fully saturated rings. The summed E-state index contributed by atoms with van der Waals surface area (Å²) in [7, 11) is 0. The van der Waals surface area contributed by atoms with Crippen molar-refractivity contribution < 1.29 is 9.72 Å². The summed E-state index contributed by atoms with van der Waals surface area (Å²) in [6.45, 7) is 2.38. The fourth-order valence-corrected chi connectivity index (χ4v) is 2.58. The van der Waals surface area contributed by atoms with Crippen LogP contribution in [-0.2, 0) is 6.54 Å². The molecule has 0 radical (unpaired) electrons. The van der Waals surface area contributed by atoms with Crippen LogP contribution in [0.2, 0.25) is 0 Å². The van der Waals surface area contributed by atoms with Crippen LogP contribution in [0.15, 0.2) is 48.5 Å². The van der Waals surface area contributed by atoms with E-state index in [1.807, 2.05) is 42.5 Å². The zero-order chi connectivity index (χ0) is 17.8. The summed E-state index contributed by atoms with van der Waals surface area (Å²) < 4.78 is 1.50. The van der Waals surface area contributed by atoms with Crippen LogP contribution in [-0.4, -0.2) is 27.3 Å². The van der Waals surface area contributed by atoms with Crippen molar-refractivity contribution in [3.05, 3.63) is 64.3 Å². The molecule has 1 heterocycles.